The van der Waals surface area contributed by atoms with Crippen LogP contribution in [0.2, 0.25) is 0 Å². The summed E-state index contributed by atoms with van der Waals surface area (Å²) < 4.78 is 0. The molecule has 1 saturated heterocycles. The summed E-state index contributed by atoms with van der Waals surface area (Å²) in [4.78, 5) is 9.26. The molecule has 1 aromatic rings. The summed E-state index contributed by atoms with van der Waals surface area (Å²) in [7, 11) is 2.08. The molecule has 3 atom stereocenters. The molecule has 1 aliphatic heterocycles. The molecule has 3 nitrogen and oxygen atoms in total. The number of rotatable bonds is 2. The van der Waals surface area contributed by atoms with Crippen molar-refractivity contribution in [3.63, 3.8) is 0 Å². The maximum Gasteiger partial charge on any atom is 0.186 e. The van der Waals surface area contributed by atoms with Crippen LogP contribution in [0, 0.1) is 5.92 Å². The maximum absolute atomic E-state index is 5.06. The van der Waals surface area contributed by atoms with Crippen molar-refractivity contribution in [2.45, 2.75) is 63.5 Å². The SMILES string of the molecule is CNC1CCCc2sc(N3CCC4CCCCC43)nc21. The molecule has 20 heavy (non-hydrogen) atoms. The summed E-state index contributed by atoms with van der Waals surface area (Å²) in [6.07, 6.45) is 10.9. The van der Waals surface area contributed by atoms with Gasteiger partial charge >= 0.3 is 0 Å². The zero-order valence-corrected chi connectivity index (χ0v) is 13.2. The Hall–Kier alpha value is -0.610. The van der Waals surface area contributed by atoms with E-state index in [0.717, 1.165) is 12.0 Å². The predicted octanol–water partition coefficient (Wildman–Crippen LogP) is 3.51. The van der Waals surface area contributed by atoms with Gasteiger partial charge in [-0.25, -0.2) is 4.98 Å². The Bertz CT molecular complexity index is 484. The molecule has 1 saturated carbocycles. The van der Waals surface area contributed by atoms with E-state index in [-0.39, 0.29) is 0 Å². The van der Waals surface area contributed by atoms with E-state index in [9.17, 15) is 0 Å². The van der Waals surface area contributed by atoms with E-state index in [1.807, 2.05) is 11.3 Å². The van der Waals surface area contributed by atoms with Crippen LogP contribution in [0.3, 0.4) is 0 Å². The largest absolute Gasteiger partial charge is 0.345 e. The number of nitrogens with one attached hydrogen (secondary N) is 1. The van der Waals surface area contributed by atoms with Gasteiger partial charge in [-0.1, -0.05) is 12.8 Å². The summed E-state index contributed by atoms with van der Waals surface area (Å²) in [6.45, 7) is 1.24. The number of aryl methyl sites for hydroxylation is 1. The third-order valence-corrected chi connectivity index (χ3v) is 6.72. The first-order valence-corrected chi connectivity index (χ1v) is 9.12. The van der Waals surface area contributed by atoms with E-state index in [1.165, 1.54) is 68.7 Å². The van der Waals surface area contributed by atoms with Gasteiger partial charge in [0.05, 0.1) is 11.7 Å². The lowest BCUT2D eigenvalue weighted by atomic mass is 9.85. The van der Waals surface area contributed by atoms with Crippen LogP contribution in [-0.2, 0) is 6.42 Å². The van der Waals surface area contributed by atoms with Gasteiger partial charge in [0.25, 0.3) is 0 Å². The van der Waals surface area contributed by atoms with Crippen molar-refractivity contribution in [1.82, 2.24) is 10.3 Å². The molecular formula is C16H25N3S. The highest BCUT2D eigenvalue weighted by molar-refractivity contribution is 7.15. The quantitative estimate of drug-likeness (QED) is 0.904. The minimum absolute atomic E-state index is 0.494. The van der Waals surface area contributed by atoms with E-state index in [4.69, 9.17) is 4.98 Å². The van der Waals surface area contributed by atoms with Crippen LogP contribution in [0.5, 0.6) is 0 Å². The highest BCUT2D eigenvalue weighted by Crippen LogP contribution is 2.43. The Balaban J connectivity index is 1.61. The fraction of sp³-hybridized carbons (Fsp3) is 0.812. The number of hydrogen-bond donors (Lipinski definition) is 1. The van der Waals surface area contributed by atoms with Gasteiger partial charge in [-0.2, -0.15) is 0 Å². The number of nitrogens with zero attached hydrogens (tertiary/aromatic N) is 2. The molecule has 0 spiro atoms. The number of hydrogen-bond acceptors (Lipinski definition) is 4. The first-order valence-electron chi connectivity index (χ1n) is 8.30. The molecule has 4 heteroatoms. The third-order valence-electron chi connectivity index (χ3n) is 5.55. The number of fused-ring (bicyclic) bond motifs is 2. The first kappa shape index (κ1) is 13.1. The number of anilines is 1. The summed E-state index contributed by atoms with van der Waals surface area (Å²) in [6, 6.07) is 1.29. The van der Waals surface area contributed by atoms with E-state index in [1.54, 1.807) is 4.88 Å². The molecule has 2 heterocycles. The molecule has 2 fully saturated rings. The Kier molecular flexibility index (Phi) is 3.47. The molecule has 1 aromatic heterocycles. The zero-order chi connectivity index (χ0) is 13.5. The van der Waals surface area contributed by atoms with Crippen LogP contribution >= 0.6 is 11.3 Å². The lowest BCUT2D eigenvalue weighted by molar-refractivity contribution is 0.342. The van der Waals surface area contributed by atoms with Crippen LogP contribution in [0.15, 0.2) is 0 Å². The van der Waals surface area contributed by atoms with Crippen molar-refractivity contribution >= 4 is 16.5 Å². The van der Waals surface area contributed by atoms with Crippen LogP contribution in [0.25, 0.3) is 0 Å². The topological polar surface area (TPSA) is 28.2 Å². The number of thiazole rings is 1. The molecule has 0 aromatic carbocycles. The van der Waals surface area contributed by atoms with Gasteiger partial charge in [-0.05, 0) is 51.5 Å². The first-order chi connectivity index (χ1) is 9.86. The molecule has 4 rings (SSSR count). The van der Waals surface area contributed by atoms with Gasteiger partial charge in [0.2, 0.25) is 0 Å². The average molecular weight is 291 g/mol. The minimum atomic E-state index is 0.494. The molecule has 3 unspecified atom stereocenters. The summed E-state index contributed by atoms with van der Waals surface area (Å²) in [5, 5.41) is 4.77. The minimum Gasteiger partial charge on any atom is -0.345 e. The summed E-state index contributed by atoms with van der Waals surface area (Å²) in [5.41, 5.74) is 1.36. The lowest BCUT2D eigenvalue weighted by Gasteiger charge is -2.31. The highest BCUT2D eigenvalue weighted by atomic mass is 32.1. The lowest BCUT2D eigenvalue weighted by Crippen LogP contribution is -2.34. The molecule has 1 N–H and O–H groups in total. The summed E-state index contributed by atoms with van der Waals surface area (Å²) >= 11 is 1.98. The molecular weight excluding hydrogens is 266 g/mol. The van der Waals surface area contributed by atoms with Crippen LogP contribution in [0.1, 0.15) is 61.6 Å². The highest BCUT2D eigenvalue weighted by Gasteiger charge is 2.37. The maximum atomic E-state index is 5.06. The predicted molar refractivity (Wildman–Crippen MR) is 84.6 cm³/mol. The van der Waals surface area contributed by atoms with Crippen molar-refractivity contribution < 1.29 is 0 Å². The van der Waals surface area contributed by atoms with E-state index in [0.29, 0.717) is 6.04 Å². The Morgan fingerprint density at radius 3 is 2.95 bits per heavy atom. The van der Waals surface area contributed by atoms with E-state index < -0.39 is 0 Å². The van der Waals surface area contributed by atoms with Crippen molar-refractivity contribution in [2.75, 3.05) is 18.5 Å². The molecule has 110 valence electrons. The van der Waals surface area contributed by atoms with Crippen molar-refractivity contribution in [3.05, 3.63) is 10.6 Å². The molecule has 0 radical (unpaired) electrons. The Morgan fingerprint density at radius 1 is 1.15 bits per heavy atom. The molecule has 2 aliphatic carbocycles. The third kappa shape index (κ3) is 2.08. The number of aromatic nitrogens is 1. The van der Waals surface area contributed by atoms with Crippen LogP contribution in [-0.4, -0.2) is 24.6 Å². The van der Waals surface area contributed by atoms with Crippen LogP contribution < -0.4 is 10.2 Å². The standard InChI is InChI=1S/C16H25N3S/c1-17-12-6-4-8-14-15(12)18-16(20-14)19-10-9-11-5-2-3-7-13(11)19/h11-13,17H,2-10H2,1H3. The molecule has 3 aliphatic rings. The summed E-state index contributed by atoms with van der Waals surface area (Å²) in [5.74, 6) is 0.949. The monoisotopic (exact) mass is 291 g/mol. The van der Waals surface area contributed by atoms with E-state index in [2.05, 4.69) is 17.3 Å². The Morgan fingerprint density at radius 2 is 2.05 bits per heavy atom. The fourth-order valence-electron chi connectivity index (χ4n) is 4.45. The zero-order valence-electron chi connectivity index (χ0n) is 12.4. The van der Waals surface area contributed by atoms with Crippen molar-refractivity contribution in [3.8, 4) is 0 Å². The van der Waals surface area contributed by atoms with Gasteiger partial charge < -0.3 is 10.2 Å². The fourth-order valence-corrected chi connectivity index (χ4v) is 5.70. The molecule has 0 bridgehead atoms. The smallest absolute Gasteiger partial charge is 0.186 e. The van der Waals surface area contributed by atoms with Crippen molar-refractivity contribution in [2.24, 2.45) is 5.92 Å². The second-order valence-corrected chi connectivity index (χ2v) is 7.69. The van der Waals surface area contributed by atoms with E-state index >= 15 is 0 Å². The van der Waals surface area contributed by atoms with Crippen LogP contribution in [0.4, 0.5) is 5.13 Å². The second-order valence-electron chi connectivity index (χ2n) is 6.63. The van der Waals surface area contributed by atoms with Gasteiger partial charge in [0.1, 0.15) is 0 Å². The van der Waals surface area contributed by atoms with Crippen molar-refractivity contribution in [1.29, 1.82) is 0 Å². The van der Waals surface area contributed by atoms with Gasteiger partial charge in [0, 0.05) is 17.5 Å². The van der Waals surface area contributed by atoms with Gasteiger partial charge in [-0.15, -0.1) is 11.3 Å². The van der Waals surface area contributed by atoms with Gasteiger partial charge in [0.15, 0.2) is 5.13 Å². The second kappa shape index (κ2) is 5.30. The Labute approximate surface area is 125 Å². The normalized spacial score (nSPS) is 33.0. The average Bonchev–Trinajstić information content (AvgIpc) is 3.10. The molecule has 0 amide bonds. The van der Waals surface area contributed by atoms with Gasteiger partial charge in [-0.3, -0.25) is 0 Å².